The van der Waals surface area contributed by atoms with Crippen LogP contribution in [-0.2, 0) is 16.7 Å². The van der Waals surface area contributed by atoms with Gasteiger partial charge in [-0.05, 0) is 72.6 Å². The van der Waals surface area contributed by atoms with Crippen molar-refractivity contribution in [1.29, 1.82) is 0 Å². The van der Waals surface area contributed by atoms with Crippen molar-refractivity contribution in [3.63, 3.8) is 0 Å². The van der Waals surface area contributed by atoms with Gasteiger partial charge in [0.15, 0.2) is 5.65 Å². The number of H-pyrrole nitrogens is 1. The summed E-state index contributed by atoms with van der Waals surface area (Å²) in [7, 11) is 0. The number of likely N-dealkylation sites (tertiary alicyclic amines) is 1. The molecule has 172 valence electrons. The Hall–Kier alpha value is -2.38. The number of imidazole rings is 1. The SMILES string of the molecule is CCOC(C)(C)[C@]1(CCc2nc3ncncc3[nH]2)CCN(C(C)(C)c2ccc(C)nc2)C1. The quantitative estimate of drug-likeness (QED) is 0.563. The van der Waals surface area contributed by atoms with Gasteiger partial charge < -0.3 is 9.72 Å². The first-order chi connectivity index (χ1) is 15.2. The number of aromatic nitrogens is 5. The van der Waals surface area contributed by atoms with Gasteiger partial charge in [-0.2, -0.15) is 0 Å². The molecule has 3 aromatic rings. The van der Waals surface area contributed by atoms with Crippen molar-refractivity contribution in [3.8, 4) is 0 Å². The van der Waals surface area contributed by atoms with E-state index >= 15 is 0 Å². The first kappa shape index (κ1) is 22.8. The van der Waals surface area contributed by atoms with Gasteiger partial charge in [0.2, 0.25) is 0 Å². The van der Waals surface area contributed by atoms with Crippen molar-refractivity contribution in [2.75, 3.05) is 19.7 Å². The Morgan fingerprint density at radius 2 is 1.97 bits per heavy atom. The largest absolute Gasteiger partial charge is 0.375 e. The number of hydrogen-bond acceptors (Lipinski definition) is 6. The highest BCUT2D eigenvalue weighted by atomic mass is 16.5. The average Bonchev–Trinajstić information content (AvgIpc) is 3.38. The highest BCUT2D eigenvalue weighted by Crippen LogP contribution is 2.49. The molecule has 0 aromatic carbocycles. The third-order valence-electron chi connectivity index (χ3n) is 7.60. The zero-order chi connectivity index (χ0) is 23.0. The second-order valence-corrected chi connectivity index (χ2v) is 10.1. The van der Waals surface area contributed by atoms with E-state index < -0.39 is 0 Å². The van der Waals surface area contributed by atoms with Crippen molar-refractivity contribution in [2.45, 2.75) is 71.9 Å². The van der Waals surface area contributed by atoms with Crippen LogP contribution in [-0.4, -0.2) is 55.1 Å². The Morgan fingerprint density at radius 3 is 2.66 bits per heavy atom. The molecule has 7 heteroatoms. The fourth-order valence-corrected chi connectivity index (χ4v) is 5.16. The second kappa shape index (κ2) is 8.52. The van der Waals surface area contributed by atoms with Crippen molar-refractivity contribution in [2.24, 2.45) is 5.41 Å². The lowest BCUT2D eigenvalue weighted by molar-refractivity contribution is -0.109. The lowest BCUT2D eigenvalue weighted by Gasteiger charge is -2.45. The van der Waals surface area contributed by atoms with Crippen LogP contribution in [0.5, 0.6) is 0 Å². The topological polar surface area (TPSA) is 79.8 Å². The van der Waals surface area contributed by atoms with E-state index in [9.17, 15) is 0 Å². The van der Waals surface area contributed by atoms with Gasteiger partial charge in [0.05, 0.1) is 11.8 Å². The molecule has 4 rings (SSSR count). The van der Waals surface area contributed by atoms with Crippen LogP contribution in [0.15, 0.2) is 30.9 Å². The molecule has 1 fully saturated rings. The minimum atomic E-state index is -0.246. The maximum absolute atomic E-state index is 6.35. The molecule has 0 spiro atoms. The molecule has 1 aliphatic heterocycles. The van der Waals surface area contributed by atoms with Crippen molar-refractivity contribution in [1.82, 2.24) is 29.8 Å². The van der Waals surface area contributed by atoms with Crippen LogP contribution < -0.4 is 0 Å². The Balaban J connectivity index is 1.58. The van der Waals surface area contributed by atoms with E-state index in [1.54, 1.807) is 12.5 Å². The Labute approximate surface area is 191 Å². The predicted molar refractivity (Wildman–Crippen MR) is 126 cm³/mol. The number of ether oxygens (including phenoxy) is 1. The van der Waals surface area contributed by atoms with Crippen molar-refractivity contribution < 1.29 is 4.74 Å². The summed E-state index contributed by atoms with van der Waals surface area (Å²) in [6, 6.07) is 4.32. The van der Waals surface area contributed by atoms with Gasteiger partial charge in [-0.1, -0.05) is 6.07 Å². The summed E-state index contributed by atoms with van der Waals surface area (Å²) in [4.78, 5) is 23.6. The summed E-state index contributed by atoms with van der Waals surface area (Å²) in [5.74, 6) is 0.965. The predicted octanol–water partition coefficient (Wildman–Crippen LogP) is 4.43. The van der Waals surface area contributed by atoms with E-state index in [2.05, 4.69) is 76.6 Å². The Kier molecular flexibility index (Phi) is 6.07. The van der Waals surface area contributed by atoms with E-state index in [-0.39, 0.29) is 16.6 Å². The standard InChI is InChI=1S/C25H36N6O/c1-7-32-24(5,6)25(11-10-21-29-20-15-26-17-28-22(20)30-21)12-13-31(16-25)23(3,4)19-9-8-18(2)27-14-19/h8-9,14-15,17H,7,10-13,16H2,1-6H3,(H,26,28,29,30)/t25-/m1/s1. The fraction of sp³-hybridized carbons (Fsp3) is 0.600. The van der Waals surface area contributed by atoms with Gasteiger partial charge in [0.1, 0.15) is 17.7 Å². The van der Waals surface area contributed by atoms with Crippen molar-refractivity contribution >= 4 is 11.2 Å². The second-order valence-electron chi connectivity index (χ2n) is 10.1. The van der Waals surface area contributed by atoms with Crippen LogP contribution in [0.4, 0.5) is 0 Å². The maximum atomic E-state index is 6.35. The number of hydrogen-bond donors (Lipinski definition) is 1. The Morgan fingerprint density at radius 1 is 1.16 bits per heavy atom. The number of pyridine rings is 1. The number of aromatic amines is 1. The molecule has 1 atom stereocenters. The van der Waals surface area contributed by atoms with Gasteiger partial charge in [0.25, 0.3) is 0 Å². The summed E-state index contributed by atoms with van der Waals surface area (Å²) in [5, 5.41) is 0. The summed E-state index contributed by atoms with van der Waals surface area (Å²) in [5.41, 5.74) is 3.60. The maximum Gasteiger partial charge on any atom is 0.180 e. The molecule has 0 saturated carbocycles. The van der Waals surface area contributed by atoms with E-state index in [1.807, 2.05) is 13.1 Å². The lowest BCUT2D eigenvalue weighted by Crippen LogP contribution is -2.50. The summed E-state index contributed by atoms with van der Waals surface area (Å²) >= 11 is 0. The molecule has 32 heavy (non-hydrogen) atoms. The number of aryl methyl sites for hydroxylation is 2. The molecule has 1 N–H and O–H groups in total. The first-order valence-electron chi connectivity index (χ1n) is 11.6. The van der Waals surface area contributed by atoms with Gasteiger partial charge in [0, 0.05) is 42.4 Å². The Bertz CT molecular complexity index is 1020. The minimum absolute atomic E-state index is 0.0169. The molecule has 3 aromatic heterocycles. The van der Waals surface area contributed by atoms with Gasteiger partial charge in [-0.15, -0.1) is 0 Å². The van der Waals surface area contributed by atoms with E-state index in [0.717, 1.165) is 55.0 Å². The van der Waals surface area contributed by atoms with Crippen molar-refractivity contribution in [3.05, 3.63) is 47.9 Å². The third-order valence-corrected chi connectivity index (χ3v) is 7.60. The van der Waals surface area contributed by atoms with E-state index in [1.165, 1.54) is 5.56 Å². The molecule has 7 nitrogen and oxygen atoms in total. The number of nitrogens with one attached hydrogen (secondary N) is 1. The van der Waals surface area contributed by atoms with Gasteiger partial charge in [-0.3, -0.25) is 9.88 Å². The zero-order valence-electron chi connectivity index (χ0n) is 20.3. The molecule has 0 unspecified atom stereocenters. The summed E-state index contributed by atoms with van der Waals surface area (Å²) in [6.45, 7) is 16.0. The number of fused-ring (bicyclic) bond motifs is 1. The van der Waals surface area contributed by atoms with Crippen LogP contribution >= 0.6 is 0 Å². The third kappa shape index (κ3) is 4.16. The van der Waals surface area contributed by atoms with Gasteiger partial charge >= 0.3 is 0 Å². The smallest absolute Gasteiger partial charge is 0.180 e. The highest BCUT2D eigenvalue weighted by molar-refractivity contribution is 5.68. The zero-order valence-corrected chi connectivity index (χ0v) is 20.3. The van der Waals surface area contributed by atoms with E-state index in [0.29, 0.717) is 6.61 Å². The van der Waals surface area contributed by atoms with Crippen LogP contribution in [0, 0.1) is 12.3 Å². The summed E-state index contributed by atoms with van der Waals surface area (Å²) < 4.78 is 6.35. The molecule has 0 bridgehead atoms. The van der Waals surface area contributed by atoms with Crippen LogP contribution in [0.2, 0.25) is 0 Å². The molecular formula is C25H36N6O. The first-order valence-corrected chi connectivity index (χ1v) is 11.6. The summed E-state index contributed by atoms with van der Waals surface area (Å²) in [6.07, 6.45) is 8.29. The normalized spacial score (nSPS) is 20.3. The molecule has 0 aliphatic carbocycles. The number of rotatable bonds is 8. The highest BCUT2D eigenvalue weighted by Gasteiger charge is 2.52. The molecule has 4 heterocycles. The average molecular weight is 437 g/mol. The fourth-order valence-electron chi connectivity index (χ4n) is 5.16. The molecular weight excluding hydrogens is 400 g/mol. The molecule has 1 saturated heterocycles. The lowest BCUT2D eigenvalue weighted by atomic mass is 9.69. The number of nitrogens with zero attached hydrogens (tertiary/aromatic N) is 5. The molecule has 0 radical (unpaired) electrons. The minimum Gasteiger partial charge on any atom is -0.375 e. The monoisotopic (exact) mass is 436 g/mol. The van der Waals surface area contributed by atoms with Crippen LogP contribution in [0.1, 0.15) is 64.5 Å². The van der Waals surface area contributed by atoms with Gasteiger partial charge in [-0.25, -0.2) is 15.0 Å². The van der Waals surface area contributed by atoms with Crippen LogP contribution in [0.3, 0.4) is 0 Å². The molecule has 0 amide bonds. The molecule has 1 aliphatic rings. The van der Waals surface area contributed by atoms with E-state index in [4.69, 9.17) is 4.74 Å². The van der Waals surface area contributed by atoms with Crippen LogP contribution in [0.25, 0.3) is 11.2 Å².